The van der Waals surface area contributed by atoms with Crippen molar-refractivity contribution >= 4 is 10.0 Å². The van der Waals surface area contributed by atoms with Gasteiger partial charge in [0.15, 0.2) is 0 Å². The third kappa shape index (κ3) is 3.05. The Morgan fingerprint density at radius 1 is 1.14 bits per heavy atom. The molecule has 5 heteroatoms. The number of sulfonamides is 1. The van der Waals surface area contributed by atoms with Gasteiger partial charge < -0.3 is 0 Å². The minimum atomic E-state index is -3.22. The lowest BCUT2D eigenvalue weighted by Gasteiger charge is -2.14. The molecule has 22 heavy (non-hydrogen) atoms. The van der Waals surface area contributed by atoms with E-state index in [0.717, 1.165) is 24.1 Å². The molecule has 1 atom stereocenters. The molecule has 0 saturated heterocycles. The molecule has 4 nitrogen and oxygen atoms in total. The first-order valence-electron chi connectivity index (χ1n) is 7.50. The van der Waals surface area contributed by atoms with E-state index in [2.05, 4.69) is 27.9 Å². The molecule has 1 aromatic heterocycles. The molecule has 1 aliphatic carbocycles. The molecule has 3 rings (SSSR count). The Balaban J connectivity index is 1.80. The Kier molecular flexibility index (Phi) is 4.02. The maximum Gasteiger partial charge on any atom is 0.214 e. The molecule has 2 aromatic rings. The van der Waals surface area contributed by atoms with Crippen molar-refractivity contribution in [3.63, 3.8) is 0 Å². The quantitative estimate of drug-likeness (QED) is 0.943. The van der Waals surface area contributed by atoms with Crippen LogP contribution in [0.1, 0.15) is 25.0 Å². The van der Waals surface area contributed by atoms with E-state index in [1.165, 1.54) is 11.1 Å². The predicted molar refractivity (Wildman–Crippen MR) is 88.1 cm³/mol. The van der Waals surface area contributed by atoms with E-state index >= 15 is 0 Å². The van der Waals surface area contributed by atoms with Crippen molar-refractivity contribution in [2.45, 2.75) is 38.0 Å². The van der Waals surface area contributed by atoms with Gasteiger partial charge in [0.25, 0.3) is 0 Å². The van der Waals surface area contributed by atoms with Gasteiger partial charge in [0, 0.05) is 17.8 Å². The fourth-order valence-corrected chi connectivity index (χ4v) is 3.67. The van der Waals surface area contributed by atoms with Crippen LogP contribution in [0.2, 0.25) is 0 Å². The molecule has 0 amide bonds. The molecule has 0 fully saturated rings. The van der Waals surface area contributed by atoms with Gasteiger partial charge in [-0.25, -0.2) is 13.1 Å². The number of benzene rings is 1. The smallest absolute Gasteiger partial charge is 0.214 e. The van der Waals surface area contributed by atoms with Crippen molar-refractivity contribution in [1.29, 1.82) is 0 Å². The van der Waals surface area contributed by atoms with Crippen molar-refractivity contribution in [2.75, 3.05) is 0 Å². The normalized spacial score (nSPS) is 17.7. The minimum Gasteiger partial charge on any atom is -0.256 e. The maximum atomic E-state index is 12.0. The number of hydrogen-bond donors (Lipinski definition) is 1. The summed E-state index contributed by atoms with van der Waals surface area (Å²) >= 11 is 0. The van der Waals surface area contributed by atoms with Crippen LogP contribution in [0.3, 0.4) is 0 Å². The van der Waals surface area contributed by atoms with Gasteiger partial charge in [-0.3, -0.25) is 4.98 Å². The molecule has 116 valence electrons. The second-order valence-electron chi connectivity index (χ2n) is 6.02. The van der Waals surface area contributed by atoms with Gasteiger partial charge in [0.1, 0.15) is 0 Å². The first-order chi connectivity index (χ1) is 10.5. The highest BCUT2D eigenvalue weighted by atomic mass is 32.2. The number of rotatable bonds is 4. The number of pyridine rings is 1. The van der Waals surface area contributed by atoms with Crippen LogP contribution in [-0.2, 0) is 22.9 Å². The second kappa shape index (κ2) is 5.82. The summed E-state index contributed by atoms with van der Waals surface area (Å²) in [5, 5.41) is -0.403. The summed E-state index contributed by atoms with van der Waals surface area (Å²) < 4.78 is 26.8. The summed E-state index contributed by atoms with van der Waals surface area (Å²) in [6.45, 7) is 3.40. The Labute approximate surface area is 131 Å². The molecule has 0 aliphatic heterocycles. The zero-order valence-electron chi connectivity index (χ0n) is 12.8. The molecule has 0 spiro atoms. The van der Waals surface area contributed by atoms with E-state index in [1.54, 1.807) is 20.0 Å². The van der Waals surface area contributed by atoms with Crippen molar-refractivity contribution < 1.29 is 8.42 Å². The van der Waals surface area contributed by atoms with Crippen LogP contribution in [0.5, 0.6) is 0 Å². The largest absolute Gasteiger partial charge is 0.256 e. The Morgan fingerprint density at radius 2 is 1.91 bits per heavy atom. The highest BCUT2D eigenvalue weighted by molar-refractivity contribution is 7.90. The van der Waals surface area contributed by atoms with Gasteiger partial charge in [0.2, 0.25) is 10.0 Å². The lowest BCUT2D eigenvalue weighted by molar-refractivity contribution is 0.547. The lowest BCUT2D eigenvalue weighted by atomic mass is 10.0. The van der Waals surface area contributed by atoms with E-state index in [1.807, 2.05) is 18.2 Å². The van der Waals surface area contributed by atoms with Crippen molar-refractivity contribution in [1.82, 2.24) is 9.71 Å². The minimum absolute atomic E-state index is 0.0404. The van der Waals surface area contributed by atoms with Gasteiger partial charge in [0.05, 0.1) is 10.9 Å². The Hall–Kier alpha value is -1.72. The Bertz CT molecular complexity index is 771. The van der Waals surface area contributed by atoms with E-state index in [4.69, 9.17) is 0 Å². The van der Waals surface area contributed by atoms with E-state index in [-0.39, 0.29) is 6.04 Å². The van der Waals surface area contributed by atoms with Crippen LogP contribution in [0, 0.1) is 0 Å². The third-order valence-electron chi connectivity index (χ3n) is 4.05. The van der Waals surface area contributed by atoms with Gasteiger partial charge in [-0.2, -0.15) is 0 Å². The molecule has 1 aliphatic rings. The zero-order valence-corrected chi connectivity index (χ0v) is 13.6. The molecule has 1 aromatic carbocycles. The fourth-order valence-electron chi connectivity index (χ4n) is 2.76. The van der Waals surface area contributed by atoms with Crippen molar-refractivity contribution in [3.8, 4) is 11.3 Å². The summed E-state index contributed by atoms with van der Waals surface area (Å²) in [6.07, 6.45) is 3.27. The average Bonchev–Trinajstić information content (AvgIpc) is 2.88. The highest BCUT2D eigenvalue weighted by Gasteiger charge is 2.27. The lowest BCUT2D eigenvalue weighted by Crippen LogP contribution is -2.39. The number of hydrogen-bond acceptors (Lipinski definition) is 3. The SMILES string of the molecule is CC(C)S(=O)(=O)NC1Cc2ccc(-c3ccccn3)cc2C1. The van der Waals surface area contributed by atoms with Crippen LogP contribution in [0.25, 0.3) is 11.3 Å². The number of nitrogens with one attached hydrogen (secondary N) is 1. The Morgan fingerprint density at radius 3 is 2.59 bits per heavy atom. The summed E-state index contributed by atoms with van der Waals surface area (Å²) in [6, 6.07) is 12.1. The van der Waals surface area contributed by atoms with E-state index in [9.17, 15) is 8.42 Å². The third-order valence-corrected chi connectivity index (χ3v) is 5.95. The molecular weight excluding hydrogens is 296 g/mol. The molecule has 0 saturated carbocycles. The summed E-state index contributed by atoms with van der Waals surface area (Å²) in [5.41, 5.74) is 4.44. The van der Waals surface area contributed by atoms with E-state index < -0.39 is 15.3 Å². The standard InChI is InChI=1S/C17H20N2O2S/c1-12(2)22(20,21)19-16-10-13-6-7-14(9-15(13)11-16)17-5-3-4-8-18-17/h3-9,12,16,19H,10-11H2,1-2H3. The highest BCUT2D eigenvalue weighted by Crippen LogP contribution is 2.27. The molecule has 1 unspecified atom stereocenters. The molecule has 1 heterocycles. The topological polar surface area (TPSA) is 59.1 Å². The molecular formula is C17H20N2O2S. The van der Waals surface area contributed by atoms with Crippen LogP contribution < -0.4 is 4.72 Å². The average molecular weight is 316 g/mol. The van der Waals surface area contributed by atoms with Gasteiger partial charge in [-0.05, 0) is 56.0 Å². The summed E-state index contributed by atoms with van der Waals surface area (Å²) in [4.78, 5) is 4.36. The maximum absolute atomic E-state index is 12.0. The predicted octanol–water partition coefficient (Wildman–Crippen LogP) is 2.54. The fraction of sp³-hybridized carbons (Fsp3) is 0.353. The molecule has 1 N–H and O–H groups in total. The van der Waals surface area contributed by atoms with Gasteiger partial charge in [-0.1, -0.05) is 18.2 Å². The number of nitrogens with zero attached hydrogens (tertiary/aromatic N) is 1. The van der Waals surface area contributed by atoms with Gasteiger partial charge >= 0.3 is 0 Å². The molecule has 0 radical (unpaired) electrons. The number of aromatic nitrogens is 1. The first kappa shape index (κ1) is 15.2. The number of fused-ring (bicyclic) bond motifs is 1. The van der Waals surface area contributed by atoms with Crippen LogP contribution in [0.15, 0.2) is 42.6 Å². The van der Waals surface area contributed by atoms with Gasteiger partial charge in [-0.15, -0.1) is 0 Å². The summed E-state index contributed by atoms with van der Waals surface area (Å²) in [7, 11) is -3.22. The zero-order chi connectivity index (χ0) is 15.7. The van der Waals surface area contributed by atoms with E-state index in [0.29, 0.717) is 0 Å². The van der Waals surface area contributed by atoms with Crippen LogP contribution >= 0.6 is 0 Å². The monoisotopic (exact) mass is 316 g/mol. The summed E-state index contributed by atoms with van der Waals surface area (Å²) in [5.74, 6) is 0. The van der Waals surface area contributed by atoms with Crippen LogP contribution in [-0.4, -0.2) is 24.7 Å². The van der Waals surface area contributed by atoms with Crippen LogP contribution in [0.4, 0.5) is 0 Å². The molecule has 0 bridgehead atoms. The van der Waals surface area contributed by atoms with Crippen molar-refractivity contribution in [3.05, 3.63) is 53.7 Å². The van der Waals surface area contributed by atoms with Crippen molar-refractivity contribution in [2.24, 2.45) is 0 Å². The first-order valence-corrected chi connectivity index (χ1v) is 9.04. The second-order valence-corrected chi connectivity index (χ2v) is 8.28.